The van der Waals surface area contributed by atoms with E-state index in [0.717, 1.165) is 0 Å². The van der Waals surface area contributed by atoms with E-state index in [-0.39, 0.29) is 0 Å². The van der Waals surface area contributed by atoms with Crippen molar-refractivity contribution < 1.29 is 13.9 Å². The summed E-state index contributed by atoms with van der Waals surface area (Å²) < 4.78 is 20.4. The number of aryl methyl sites for hydroxylation is 1. The lowest BCUT2D eigenvalue weighted by molar-refractivity contribution is 0.219. The molecule has 1 aromatic heterocycles. The Balaban J connectivity index is 2.11. The first-order chi connectivity index (χ1) is 9.97. The van der Waals surface area contributed by atoms with E-state index in [1.165, 1.54) is 22.8 Å². The molecule has 3 aromatic rings. The number of benzene rings is 2. The summed E-state index contributed by atoms with van der Waals surface area (Å²) in [6.07, 6.45) is -1.02. The van der Waals surface area contributed by atoms with E-state index in [1.807, 2.05) is 0 Å². The molecule has 0 amide bonds. The maximum atomic E-state index is 13.3. The molecule has 0 saturated carbocycles. The van der Waals surface area contributed by atoms with Crippen LogP contribution in [0.5, 0.6) is 0 Å². The van der Waals surface area contributed by atoms with Crippen molar-refractivity contribution in [1.82, 2.24) is 4.57 Å². The second kappa shape index (κ2) is 5.13. The minimum atomic E-state index is -1.02. The molecule has 0 radical (unpaired) electrons. The molecule has 108 valence electrons. The van der Waals surface area contributed by atoms with Crippen LogP contribution in [-0.2, 0) is 7.05 Å². The van der Waals surface area contributed by atoms with Crippen LogP contribution in [-0.4, -0.2) is 9.67 Å². The van der Waals surface area contributed by atoms with Gasteiger partial charge in [0.05, 0.1) is 5.52 Å². The van der Waals surface area contributed by atoms with Gasteiger partial charge in [-0.1, -0.05) is 22.0 Å². The van der Waals surface area contributed by atoms with Crippen molar-refractivity contribution in [2.75, 3.05) is 0 Å². The highest BCUT2D eigenvalue weighted by molar-refractivity contribution is 9.10. The van der Waals surface area contributed by atoms with Crippen LogP contribution in [0, 0.1) is 5.82 Å². The molecule has 1 unspecified atom stereocenters. The minimum absolute atomic E-state index is 0.381. The van der Waals surface area contributed by atoms with Crippen LogP contribution in [0.3, 0.4) is 0 Å². The SMILES string of the molecule is Cn1c(=O)oc2cc(C(O)c3cc(F)ccc3Br)ccc21. The van der Waals surface area contributed by atoms with E-state index in [4.69, 9.17) is 4.42 Å². The Bertz CT molecular complexity index is 884. The van der Waals surface area contributed by atoms with Crippen molar-refractivity contribution in [2.45, 2.75) is 6.10 Å². The number of aromatic nitrogens is 1. The summed E-state index contributed by atoms with van der Waals surface area (Å²) in [6, 6.07) is 9.05. The Morgan fingerprint density at radius 3 is 2.81 bits per heavy atom. The fourth-order valence-corrected chi connectivity index (χ4v) is 2.69. The molecule has 0 fully saturated rings. The van der Waals surface area contributed by atoms with Crippen LogP contribution in [0.4, 0.5) is 4.39 Å². The van der Waals surface area contributed by atoms with Crippen molar-refractivity contribution in [3.63, 3.8) is 0 Å². The number of nitrogens with zero attached hydrogens (tertiary/aromatic N) is 1. The van der Waals surface area contributed by atoms with Gasteiger partial charge in [-0.25, -0.2) is 9.18 Å². The largest absolute Gasteiger partial charge is 0.419 e. The van der Waals surface area contributed by atoms with Gasteiger partial charge < -0.3 is 9.52 Å². The topological polar surface area (TPSA) is 55.4 Å². The number of hydrogen-bond acceptors (Lipinski definition) is 3. The molecule has 4 nitrogen and oxygen atoms in total. The Kier molecular flexibility index (Phi) is 3.43. The summed E-state index contributed by atoms with van der Waals surface area (Å²) in [5, 5.41) is 10.4. The lowest BCUT2D eigenvalue weighted by Gasteiger charge is -2.13. The lowest BCUT2D eigenvalue weighted by Crippen LogP contribution is -2.08. The third kappa shape index (κ3) is 2.41. The zero-order chi connectivity index (χ0) is 15.1. The average molecular weight is 352 g/mol. The summed E-state index contributed by atoms with van der Waals surface area (Å²) in [5.41, 5.74) is 1.94. The summed E-state index contributed by atoms with van der Waals surface area (Å²) in [7, 11) is 1.60. The van der Waals surface area contributed by atoms with Crippen LogP contribution in [0.15, 0.2) is 50.1 Å². The quantitative estimate of drug-likeness (QED) is 0.771. The predicted molar refractivity (Wildman–Crippen MR) is 79.6 cm³/mol. The van der Waals surface area contributed by atoms with E-state index in [0.29, 0.717) is 26.7 Å². The molecule has 0 spiro atoms. The van der Waals surface area contributed by atoms with Gasteiger partial charge >= 0.3 is 5.76 Å². The lowest BCUT2D eigenvalue weighted by atomic mass is 10.0. The first kappa shape index (κ1) is 14.0. The molecule has 1 atom stereocenters. The van der Waals surface area contributed by atoms with Crippen LogP contribution in [0.1, 0.15) is 17.2 Å². The third-order valence-electron chi connectivity index (χ3n) is 3.38. The maximum absolute atomic E-state index is 13.3. The van der Waals surface area contributed by atoms with E-state index in [1.54, 1.807) is 25.2 Å². The minimum Gasteiger partial charge on any atom is -0.408 e. The summed E-state index contributed by atoms with van der Waals surface area (Å²) >= 11 is 3.29. The number of rotatable bonds is 2. The van der Waals surface area contributed by atoms with Crippen molar-refractivity contribution in [2.24, 2.45) is 7.05 Å². The summed E-state index contributed by atoms with van der Waals surface area (Å²) in [4.78, 5) is 11.5. The Morgan fingerprint density at radius 2 is 2.05 bits per heavy atom. The predicted octanol–water partition coefficient (Wildman–Crippen LogP) is 3.11. The van der Waals surface area contributed by atoms with Crippen molar-refractivity contribution in [3.8, 4) is 0 Å². The zero-order valence-corrected chi connectivity index (χ0v) is 12.6. The van der Waals surface area contributed by atoms with Gasteiger partial charge in [-0.3, -0.25) is 4.57 Å². The number of hydrogen-bond donors (Lipinski definition) is 1. The Morgan fingerprint density at radius 1 is 1.29 bits per heavy atom. The Hall–Kier alpha value is -1.92. The summed E-state index contributed by atoms with van der Waals surface area (Å²) in [6.45, 7) is 0. The number of fused-ring (bicyclic) bond motifs is 1. The smallest absolute Gasteiger partial charge is 0.408 e. The van der Waals surface area contributed by atoms with Gasteiger partial charge in [0.25, 0.3) is 0 Å². The van der Waals surface area contributed by atoms with Gasteiger partial charge in [-0.05, 0) is 35.9 Å². The van der Waals surface area contributed by atoms with E-state index >= 15 is 0 Å². The molecule has 0 bridgehead atoms. The van der Waals surface area contributed by atoms with Crippen LogP contribution in [0.25, 0.3) is 11.1 Å². The van der Waals surface area contributed by atoms with Gasteiger partial charge in [0.2, 0.25) is 0 Å². The van der Waals surface area contributed by atoms with Crippen LogP contribution in [0.2, 0.25) is 0 Å². The molecular weight excluding hydrogens is 341 g/mol. The molecular formula is C15H11BrFNO3. The molecule has 0 aliphatic heterocycles. The van der Waals surface area contributed by atoms with Gasteiger partial charge in [0.15, 0.2) is 5.58 Å². The highest BCUT2D eigenvalue weighted by atomic mass is 79.9. The molecule has 1 heterocycles. The molecule has 0 saturated heterocycles. The van der Waals surface area contributed by atoms with Crippen molar-refractivity contribution in [1.29, 1.82) is 0 Å². The molecule has 2 aromatic carbocycles. The fourth-order valence-electron chi connectivity index (χ4n) is 2.22. The number of aliphatic hydroxyl groups excluding tert-OH is 1. The summed E-state index contributed by atoms with van der Waals surface area (Å²) in [5.74, 6) is -0.900. The van der Waals surface area contributed by atoms with E-state index in [9.17, 15) is 14.3 Å². The second-order valence-corrected chi connectivity index (χ2v) is 5.58. The van der Waals surface area contributed by atoms with Gasteiger partial charge in [0, 0.05) is 17.1 Å². The highest BCUT2D eigenvalue weighted by Gasteiger charge is 2.16. The number of halogens is 2. The van der Waals surface area contributed by atoms with Gasteiger partial charge in [0.1, 0.15) is 11.9 Å². The molecule has 1 N–H and O–H groups in total. The molecule has 0 aliphatic carbocycles. The first-order valence-electron chi connectivity index (χ1n) is 6.20. The molecule has 0 aliphatic rings. The number of aliphatic hydroxyl groups is 1. The van der Waals surface area contributed by atoms with Crippen molar-refractivity contribution in [3.05, 3.63) is 68.4 Å². The maximum Gasteiger partial charge on any atom is 0.419 e. The zero-order valence-electron chi connectivity index (χ0n) is 11.0. The van der Waals surface area contributed by atoms with Crippen molar-refractivity contribution >= 4 is 27.0 Å². The normalized spacial score (nSPS) is 12.8. The third-order valence-corrected chi connectivity index (χ3v) is 4.11. The van der Waals surface area contributed by atoms with Crippen LogP contribution < -0.4 is 5.76 Å². The molecule has 3 rings (SSSR count). The van der Waals surface area contributed by atoms with E-state index in [2.05, 4.69) is 15.9 Å². The standard InChI is InChI=1S/C15H11BrFNO3/c1-18-12-5-2-8(6-13(12)21-15(18)20)14(19)10-7-9(17)3-4-11(10)16/h2-7,14,19H,1H3. The van der Waals surface area contributed by atoms with Crippen LogP contribution >= 0.6 is 15.9 Å². The molecule has 21 heavy (non-hydrogen) atoms. The first-order valence-corrected chi connectivity index (χ1v) is 6.99. The van der Waals surface area contributed by atoms with Gasteiger partial charge in [-0.2, -0.15) is 0 Å². The highest BCUT2D eigenvalue weighted by Crippen LogP contribution is 2.30. The Labute approximate surface area is 127 Å². The fraction of sp³-hybridized carbons (Fsp3) is 0.133. The van der Waals surface area contributed by atoms with E-state index < -0.39 is 17.7 Å². The monoisotopic (exact) mass is 351 g/mol. The average Bonchev–Trinajstić information content (AvgIpc) is 2.75. The second-order valence-electron chi connectivity index (χ2n) is 4.72. The molecule has 6 heteroatoms. The number of oxazole rings is 1. The van der Waals surface area contributed by atoms with Gasteiger partial charge in [-0.15, -0.1) is 0 Å².